The van der Waals surface area contributed by atoms with Crippen LogP contribution in [-0.2, 0) is 11.3 Å². The molecular weight excluding hydrogens is 316 g/mol. The minimum Gasteiger partial charge on any atom is -0.359 e. The molecule has 6 heteroatoms. The van der Waals surface area contributed by atoms with Gasteiger partial charge in [-0.25, -0.2) is 0 Å². The number of amides is 1. The van der Waals surface area contributed by atoms with Crippen molar-refractivity contribution in [1.29, 1.82) is 0 Å². The number of carbonyl (C=O) groups excluding carboxylic acids is 1. The van der Waals surface area contributed by atoms with Crippen molar-refractivity contribution in [1.82, 2.24) is 19.9 Å². The molecule has 0 radical (unpaired) electrons. The van der Waals surface area contributed by atoms with Crippen molar-refractivity contribution in [3.63, 3.8) is 0 Å². The highest BCUT2D eigenvalue weighted by Gasteiger charge is 2.28. The van der Waals surface area contributed by atoms with Gasteiger partial charge in [-0.3, -0.25) is 14.7 Å². The molecule has 1 aliphatic heterocycles. The normalized spacial score (nSPS) is 18.4. The van der Waals surface area contributed by atoms with Crippen molar-refractivity contribution in [2.24, 2.45) is 5.92 Å². The first-order chi connectivity index (χ1) is 12.0. The van der Waals surface area contributed by atoms with E-state index in [0.29, 0.717) is 18.9 Å². The van der Waals surface area contributed by atoms with Gasteiger partial charge in [0.1, 0.15) is 5.69 Å². The molecule has 0 aromatic carbocycles. The standard InChI is InChI=1S/C19H26N4O2/c1-14(2)23-12-15(7-8-19(23)24)11-22(3)13-16-10-18(21-25-16)17-6-4-5-9-20-17/h4-6,9-10,14-15H,7-8,11-13H2,1-3H3. The van der Waals surface area contributed by atoms with E-state index in [1.807, 2.05) is 29.2 Å². The average Bonchev–Trinajstić information content (AvgIpc) is 3.05. The lowest BCUT2D eigenvalue weighted by molar-refractivity contribution is -0.136. The Bertz CT molecular complexity index is 698. The molecule has 1 aliphatic rings. The third kappa shape index (κ3) is 4.45. The van der Waals surface area contributed by atoms with E-state index in [0.717, 1.165) is 36.7 Å². The van der Waals surface area contributed by atoms with E-state index < -0.39 is 0 Å². The van der Waals surface area contributed by atoms with Gasteiger partial charge in [-0.1, -0.05) is 11.2 Å². The Kier molecular flexibility index (Phi) is 5.48. The van der Waals surface area contributed by atoms with Crippen LogP contribution in [0.5, 0.6) is 0 Å². The van der Waals surface area contributed by atoms with Crippen molar-refractivity contribution in [3.05, 3.63) is 36.2 Å². The monoisotopic (exact) mass is 342 g/mol. The summed E-state index contributed by atoms with van der Waals surface area (Å²) in [6, 6.07) is 7.96. The zero-order valence-electron chi connectivity index (χ0n) is 15.2. The lowest BCUT2D eigenvalue weighted by atomic mass is 9.96. The second-order valence-corrected chi connectivity index (χ2v) is 7.13. The van der Waals surface area contributed by atoms with Crippen LogP contribution >= 0.6 is 0 Å². The fraction of sp³-hybridized carbons (Fsp3) is 0.526. The molecule has 1 saturated heterocycles. The molecule has 1 atom stereocenters. The van der Waals surface area contributed by atoms with E-state index in [2.05, 4.69) is 35.9 Å². The fourth-order valence-corrected chi connectivity index (χ4v) is 3.38. The number of pyridine rings is 1. The molecule has 1 unspecified atom stereocenters. The Labute approximate surface area is 148 Å². The highest BCUT2D eigenvalue weighted by molar-refractivity contribution is 5.77. The molecule has 3 heterocycles. The first-order valence-corrected chi connectivity index (χ1v) is 8.88. The first kappa shape index (κ1) is 17.6. The smallest absolute Gasteiger partial charge is 0.222 e. The lowest BCUT2D eigenvalue weighted by Gasteiger charge is -2.36. The Hall–Kier alpha value is -2.21. The van der Waals surface area contributed by atoms with E-state index in [1.165, 1.54) is 0 Å². The molecule has 0 aliphatic carbocycles. The summed E-state index contributed by atoms with van der Waals surface area (Å²) in [5.74, 6) is 1.61. The summed E-state index contributed by atoms with van der Waals surface area (Å²) in [7, 11) is 2.08. The maximum absolute atomic E-state index is 12.0. The molecule has 134 valence electrons. The molecule has 6 nitrogen and oxygen atoms in total. The van der Waals surface area contributed by atoms with Crippen LogP contribution in [-0.4, -0.2) is 52.0 Å². The fourth-order valence-electron chi connectivity index (χ4n) is 3.38. The number of likely N-dealkylation sites (tertiary alicyclic amines) is 1. The van der Waals surface area contributed by atoms with Gasteiger partial charge >= 0.3 is 0 Å². The van der Waals surface area contributed by atoms with Gasteiger partial charge in [-0.2, -0.15) is 0 Å². The van der Waals surface area contributed by atoms with Crippen LogP contribution in [0.3, 0.4) is 0 Å². The van der Waals surface area contributed by atoms with Gasteiger partial charge in [0.25, 0.3) is 0 Å². The maximum Gasteiger partial charge on any atom is 0.222 e. The van der Waals surface area contributed by atoms with Crippen molar-refractivity contribution < 1.29 is 9.32 Å². The van der Waals surface area contributed by atoms with E-state index >= 15 is 0 Å². The first-order valence-electron chi connectivity index (χ1n) is 8.88. The molecule has 2 aromatic heterocycles. The summed E-state index contributed by atoms with van der Waals surface area (Å²) in [5, 5.41) is 4.11. The number of piperidine rings is 1. The molecular formula is C19H26N4O2. The van der Waals surface area contributed by atoms with Crippen LogP contribution in [0.1, 0.15) is 32.4 Å². The van der Waals surface area contributed by atoms with Crippen LogP contribution in [0.2, 0.25) is 0 Å². The van der Waals surface area contributed by atoms with Crippen LogP contribution in [0.25, 0.3) is 11.4 Å². The Balaban J connectivity index is 1.55. The van der Waals surface area contributed by atoms with Crippen molar-refractivity contribution in [2.75, 3.05) is 20.1 Å². The molecule has 0 spiro atoms. The molecule has 0 saturated carbocycles. The third-order valence-electron chi connectivity index (χ3n) is 4.65. The van der Waals surface area contributed by atoms with Gasteiger partial charge < -0.3 is 9.42 Å². The molecule has 3 rings (SSSR count). The highest BCUT2D eigenvalue weighted by Crippen LogP contribution is 2.22. The summed E-state index contributed by atoms with van der Waals surface area (Å²) in [4.78, 5) is 20.5. The third-order valence-corrected chi connectivity index (χ3v) is 4.65. The van der Waals surface area contributed by atoms with Gasteiger partial charge in [0.15, 0.2) is 5.76 Å². The van der Waals surface area contributed by atoms with Crippen molar-refractivity contribution in [3.8, 4) is 11.4 Å². The maximum atomic E-state index is 12.0. The number of carbonyl (C=O) groups is 1. The van der Waals surface area contributed by atoms with Crippen LogP contribution in [0.15, 0.2) is 35.0 Å². The topological polar surface area (TPSA) is 62.5 Å². The Morgan fingerprint density at radius 2 is 2.20 bits per heavy atom. The highest BCUT2D eigenvalue weighted by atomic mass is 16.5. The van der Waals surface area contributed by atoms with Crippen LogP contribution < -0.4 is 0 Å². The van der Waals surface area contributed by atoms with Gasteiger partial charge in [0.2, 0.25) is 5.91 Å². The summed E-state index contributed by atoms with van der Waals surface area (Å²) < 4.78 is 5.46. The number of rotatable bonds is 6. The predicted octanol–water partition coefficient (Wildman–Crippen LogP) is 2.82. The minimum atomic E-state index is 0.274. The minimum absolute atomic E-state index is 0.274. The van der Waals surface area contributed by atoms with Crippen LogP contribution in [0.4, 0.5) is 0 Å². The van der Waals surface area contributed by atoms with Gasteiger partial charge in [-0.05, 0) is 45.4 Å². The predicted molar refractivity (Wildman–Crippen MR) is 95.6 cm³/mol. The SMILES string of the molecule is CC(C)N1CC(CN(C)Cc2cc(-c3ccccn3)no2)CCC1=O. The molecule has 1 fully saturated rings. The van der Waals surface area contributed by atoms with Gasteiger partial charge in [0, 0.05) is 37.8 Å². The average molecular weight is 342 g/mol. The molecule has 25 heavy (non-hydrogen) atoms. The number of nitrogens with zero attached hydrogens (tertiary/aromatic N) is 4. The van der Waals surface area contributed by atoms with Crippen molar-refractivity contribution >= 4 is 5.91 Å². The summed E-state index contributed by atoms with van der Waals surface area (Å²) in [6.45, 7) is 6.65. The lowest BCUT2D eigenvalue weighted by Crippen LogP contribution is -2.46. The molecule has 0 bridgehead atoms. The Morgan fingerprint density at radius 1 is 1.36 bits per heavy atom. The molecule has 0 N–H and O–H groups in total. The summed E-state index contributed by atoms with van der Waals surface area (Å²) >= 11 is 0. The van der Waals surface area contributed by atoms with E-state index in [-0.39, 0.29) is 11.9 Å². The number of hydrogen-bond donors (Lipinski definition) is 0. The van der Waals surface area contributed by atoms with E-state index in [4.69, 9.17) is 4.52 Å². The quantitative estimate of drug-likeness (QED) is 0.808. The Morgan fingerprint density at radius 3 is 2.92 bits per heavy atom. The number of aromatic nitrogens is 2. The largest absolute Gasteiger partial charge is 0.359 e. The number of hydrogen-bond acceptors (Lipinski definition) is 5. The molecule has 1 amide bonds. The zero-order chi connectivity index (χ0) is 17.8. The molecule has 2 aromatic rings. The second-order valence-electron chi connectivity index (χ2n) is 7.13. The van der Waals surface area contributed by atoms with Gasteiger partial charge in [0.05, 0.1) is 12.2 Å². The second kappa shape index (κ2) is 7.78. The van der Waals surface area contributed by atoms with E-state index in [9.17, 15) is 4.79 Å². The summed E-state index contributed by atoms with van der Waals surface area (Å²) in [6.07, 6.45) is 3.37. The van der Waals surface area contributed by atoms with Crippen LogP contribution in [0, 0.1) is 5.92 Å². The summed E-state index contributed by atoms with van der Waals surface area (Å²) in [5.41, 5.74) is 1.58. The van der Waals surface area contributed by atoms with Crippen molar-refractivity contribution in [2.45, 2.75) is 39.3 Å². The van der Waals surface area contributed by atoms with E-state index in [1.54, 1.807) is 6.20 Å². The van der Waals surface area contributed by atoms with Gasteiger partial charge in [-0.15, -0.1) is 0 Å². The zero-order valence-corrected chi connectivity index (χ0v) is 15.2.